The third-order valence-corrected chi connectivity index (χ3v) is 4.34. The van der Waals surface area contributed by atoms with Gasteiger partial charge in [-0.15, -0.1) is 0 Å². The van der Waals surface area contributed by atoms with E-state index in [9.17, 15) is 25.0 Å². The van der Waals surface area contributed by atoms with Gasteiger partial charge in [0.1, 0.15) is 5.75 Å². The second-order valence-corrected chi connectivity index (χ2v) is 8.50. The Hall–Kier alpha value is -2.14. The fourth-order valence-electron chi connectivity index (χ4n) is 1.97. The molecule has 1 amide bonds. The van der Waals surface area contributed by atoms with Crippen LogP contribution in [0.3, 0.4) is 0 Å². The minimum absolute atomic E-state index is 0.254. The average molecular weight is 514 g/mol. The highest BCUT2D eigenvalue weighted by Crippen LogP contribution is 2.33. The van der Waals surface area contributed by atoms with Gasteiger partial charge in [-0.05, 0) is 24.3 Å². The maximum absolute atomic E-state index is 12.5. The van der Waals surface area contributed by atoms with Crippen LogP contribution in [-0.4, -0.2) is 25.8 Å². The summed E-state index contributed by atoms with van der Waals surface area (Å²) in [6, 6.07) is 8.82. The van der Waals surface area contributed by atoms with Gasteiger partial charge in [0.2, 0.25) is 10.0 Å². The Morgan fingerprint density at radius 2 is 1.54 bits per heavy atom. The van der Waals surface area contributed by atoms with E-state index in [1.165, 1.54) is 12.1 Å². The number of benzene rings is 2. The van der Waals surface area contributed by atoms with Crippen LogP contribution in [0.4, 0.5) is 11.4 Å². The monoisotopic (exact) mass is 511 g/mol. The van der Waals surface area contributed by atoms with E-state index >= 15 is 0 Å². The van der Waals surface area contributed by atoms with Crippen LogP contribution in [0, 0.1) is 20.2 Å². The Morgan fingerprint density at radius 3 is 1.96 bits per heavy atom. The molecule has 28 heavy (non-hydrogen) atoms. The summed E-state index contributed by atoms with van der Waals surface area (Å²) in [6.45, 7) is 0. The van der Waals surface area contributed by atoms with E-state index in [0.717, 1.165) is 22.7 Å². The van der Waals surface area contributed by atoms with Crippen molar-refractivity contribution in [3.63, 3.8) is 0 Å². The highest BCUT2D eigenvalue weighted by Gasteiger charge is 2.37. The largest absolute Gasteiger partial charge is 0.466 e. The van der Waals surface area contributed by atoms with Gasteiger partial charge in [-0.25, -0.2) is 0 Å². The highest BCUT2D eigenvalue weighted by atomic mass is 79.9. The molecule has 1 N–H and O–H groups in total. The minimum Gasteiger partial charge on any atom is -0.466 e. The maximum atomic E-state index is 12.5. The van der Waals surface area contributed by atoms with Crippen LogP contribution in [0.15, 0.2) is 46.9 Å². The number of carbonyl (C=O) groups is 1. The number of rotatable bonds is 6. The standard InChI is InChI=1S/C15H9BrCl3N3O6/c16-9-1-3-12(4-2-9)28-14(15(17,18)19)20-13(23)8-5-10(21(24)25)7-11(6-8)22(26)27/h1-7,14H,(H,20,23). The Labute approximate surface area is 180 Å². The second kappa shape index (κ2) is 8.91. The molecule has 1 unspecified atom stereocenters. The number of carbonyl (C=O) groups excluding carboxylic acids is 1. The van der Waals surface area contributed by atoms with Crippen LogP contribution in [0.5, 0.6) is 5.75 Å². The summed E-state index contributed by atoms with van der Waals surface area (Å²) in [5, 5.41) is 24.2. The molecule has 0 saturated carbocycles. The predicted molar refractivity (Wildman–Crippen MR) is 106 cm³/mol. The maximum Gasteiger partial charge on any atom is 0.277 e. The molecule has 148 valence electrons. The smallest absolute Gasteiger partial charge is 0.277 e. The lowest BCUT2D eigenvalue weighted by Gasteiger charge is -2.26. The molecule has 0 heterocycles. The minimum atomic E-state index is -2.12. The Balaban J connectivity index is 2.31. The van der Waals surface area contributed by atoms with Crippen molar-refractivity contribution >= 4 is 68.0 Å². The van der Waals surface area contributed by atoms with E-state index in [-0.39, 0.29) is 11.3 Å². The number of nitro groups is 2. The summed E-state index contributed by atoms with van der Waals surface area (Å²) in [7, 11) is 0. The van der Waals surface area contributed by atoms with Crippen LogP contribution >= 0.6 is 50.7 Å². The molecule has 2 rings (SSSR count). The molecule has 1 atom stereocenters. The molecule has 13 heteroatoms. The van der Waals surface area contributed by atoms with Gasteiger partial charge in [0.25, 0.3) is 17.3 Å². The normalized spacial score (nSPS) is 12.1. The van der Waals surface area contributed by atoms with Crippen molar-refractivity contribution < 1.29 is 19.4 Å². The molecule has 0 fully saturated rings. The number of halogens is 4. The van der Waals surface area contributed by atoms with Gasteiger partial charge in [0.15, 0.2) is 0 Å². The molecule has 0 radical (unpaired) electrons. The van der Waals surface area contributed by atoms with E-state index < -0.39 is 37.1 Å². The van der Waals surface area contributed by atoms with Gasteiger partial charge in [-0.1, -0.05) is 50.7 Å². The molecule has 0 saturated heterocycles. The molecule has 0 aliphatic heterocycles. The van der Waals surface area contributed by atoms with Crippen LogP contribution in [0.2, 0.25) is 0 Å². The van der Waals surface area contributed by atoms with Crippen molar-refractivity contribution in [2.24, 2.45) is 0 Å². The van der Waals surface area contributed by atoms with Crippen molar-refractivity contribution in [2.45, 2.75) is 10.0 Å². The SMILES string of the molecule is O=C(NC(Oc1ccc(Br)cc1)C(Cl)(Cl)Cl)c1cc([N+](=O)[O-])cc([N+](=O)[O-])c1. The molecule has 0 aromatic heterocycles. The van der Waals surface area contributed by atoms with E-state index in [4.69, 9.17) is 39.5 Å². The predicted octanol–water partition coefficient (Wildman–Crippen LogP) is 4.77. The van der Waals surface area contributed by atoms with E-state index in [0.29, 0.717) is 0 Å². The lowest BCUT2D eigenvalue weighted by Crippen LogP contribution is -2.47. The lowest BCUT2D eigenvalue weighted by atomic mass is 10.1. The van der Waals surface area contributed by atoms with Crippen molar-refractivity contribution in [2.75, 3.05) is 0 Å². The fourth-order valence-corrected chi connectivity index (χ4v) is 2.53. The summed E-state index contributed by atoms with van der Waals surface area (Å²) in [6.07, 6.45) is -1.50. The number of nitrogens with one attached hydrogen (secondary N) is 1. The van der Waals surface area contributed by atoms with Gasteiger partial charge in [0, 0.05) is 16.6 Å². The van der Waals surface area contributed by atoms with Crippen molar-refractivity contribution in [1.82, 2.24) is 5.32 Å². The number of hydrogen-bond donors (Lipinski definition) is 1. The lowest BCUT2D eigenvalue weighted by molar-refractivity contribution is -0.394. The first-order valence-electron chi connectivity index (χ1n) is 7.21. The van der Waals surface area contributed by atoms with Crippen molar-refractivity contribution in [3.8, 4) is 5.75 Å². The third-order valence-electron chi connectivity index (χ3n) is 3.21. The zero-order valence-electron chi connectivity index (χ0n) is 13.5. The number of alkyl halides is 3. The molecular formula is C15H9BrCl3N3O6. The topological polar surface area (TPSA) is 125 Å². The number of non-ortho nitro benzene ring substituents is 2. The first kappa shape index (κ1) is 22.2. The Kier molecular flexibility index (Phi) is 7.05. The second-order valence-electron chi connectivity index (χ2n) is 5.22. The number of nitro benzene ring substituents is 2. The number of nitrogens with zero attached hydrogens (tertiary/aromatic N) is 2. The molecule has 2 aromatic rings. The van der Waals surface area contributed by atoms with Crippen LogP contribution in [0.1, 0.15) is 10.4 Å². The van der Waals surface area contributed by atoms with Gasteiger partial charge < -0.3 is 10.1 Å². The van der Waals surface area contributed by atoms with Gasteiger partial charge >= 0.3 is 0 Å². The van der Waals surface area contributed by atoms with E-state index in [1.54, 1.807) is 12.1 Å². The molecule has 9 nitrogen and oxygen atoms in total. The van der Waals surface area contributed by atoms with E-state index in [2.05, 4.69) is 21.2 Å². The van der Waals surface area contributed by atoms with Gasteiger partial charge in [0.05, 0.1) is 21.5 Å². The average Bonchev–Trinajstić information content (AvgIpc) is 2.61. The molecular weight excluding hydrogens is 504 g/mol. The quantitative estimate of drug-likeness (QED) is 0.257. The van der Waals surface area contributed by atoms with Crippen LogP contribution < -0.4 is 10.1 Å². The highest BCUT2D eigenvalue weighted by molar-refractivity contribution is 9.10. The Morgan fingerprint density at radius 1 is 1.04 bits per heavy atom. The summed E-state index contributed by atoms with van der Waals surface area (Å²) < 4.78 is 4.11. The summed E-state index contributed by atoms with van der Waals surface area (Å²) >= 11 is 20.8. The first-order chi connectivity index (χ1) is 13.0. The molecule has 0 aliphatic carbocycles. The summed E-state index contributed by atoms with van der Waals surface area (Å²) in [5.74, 6) is -0.718. The molecule has 0 aliphatic rings. The molecule has 2 aromatic carbocycles. The van der Waals surface area contributed by atoms with Gasteiger partial charge in [-0.3, -0.25) is 25.0 Å². The molecule has 0 spiro atoms. The van der Waals surface area contributed by atoms with E-state index in [1.807, 2.05) is 0 Å². The Bertz CT molecular complexity index is 888. The first-order valence-corrected chi connectivity index (χ1v) is 9.14. The molecule has 0 bridgehead atoms. The zero-order valence-corrected chi connectivity index (χ0v) is 17.3. The summed E-state index contributed by atoms with van der Waals surface area (Å²) in [4.78, 5) is 32.7. The zero-order chi connectivity index (χ0) is 21.1. The van der Waals surface area contributed by atoms with Gasteiger partial charge in [-0.2, -0.15) is 0 Å². The summed E-state index contributed by atoms with van der Waals surface area (Å²) in [5.41, 5.74) is -1.66. The van der Waals surface area contributed by atoms with Crippen molar-refractivity contribution in [1.29, 1.82) is 0 Å². The number of hydrogen-bond acceptors (Lipinski definition) is 6. The number of amides is 1. The van der Waals surface area contributed by atoms with Crippen LogP contribution in [-0.2, 0) is 0 Å². The van der Waals surface area contributed by atoms with Crippen molar-refractivity contribution in [3.05, 3.63) is 72.7 Å². The number of ether oxygens (including phenoxy) is 1. The van der Waals surface area contributed by atoms with Crippen LogP contribution in [0.25, 0.3) is 0 Å². The fraction of sp³-hybridized carbons (Fsp3) is 0.133. The third kappa shape index (κ3) is 5.93.